The van der Waals surface area contributed by atoms with Gasteiger partial charge < -0.3 is 4.42 Å². The van der Waals surface area contributed by atoms with Gasteiger partial charge in [-0.25, -0.2) is 4.99 Å². The highest BCUT2D eigenvalue weighted by atomic mass is 127. The van der Waals surface area contributed by atoms with Crippen LogP contribution in [0.25, 0.3) is 6.08 Å². The summed E-state index contributed by atoms with van der Waals surface area (Å²) in [6, 6.07) is 9.17. The predicted molar refractivity (Wildman–Crippen MR) is 90.0 cm³/mol. The van der Waals surface area contributed by atoms with Crippen LogP contribution in [0, 0.1) is 3.57 Å². The van der Waals surface area contributed by atoms with E-state index in [0.717, 1.165) is 20.9 Å². The van der Waals surface area contributed by atoms with Crippen LogP contribution in [0.4, 0.5) is 0 Å². The fraction of sp³-hybridized carbons (Fsp3) is 0. The number of thioether (sulfide) groups is 1. The highest BCUT2D eigenvalue weighted by molar-refractivity contribution is 14.1. The van der Waals surface area contributed by atoms with Gasteiger partial charge in [0.1, 0.15) is 16.5 Å². The van der Waals surface area contributed by atoms with Crippen molar-refractivity contribution >= 4 is 62.2 Å². The first-order valence-electron chi connectivity index (χ1n) is 5.65. The van der Waals surface area contributed by atoms with Gasteiger partial charge >= 0.3 is 0 Å². The maximum Gasteiger partial charge on any atom is 0.244 e. The van der Waals surface area contributed by atoms with Crippen LogP contribution in [0.3, 0.4) is 0 Å². The normalized spacial score (nSPS) is 16.8. The minimum Gasteiger partial charge on any atom is -0.465 e. The molecule has 0 N–H and O–H groups in total. The van der Waals surface area contributed by atoms with E-state index in [-0.39, 0.29) is 5.12 Å². The van der Waals surface area contributed by atoms with Crippen molar-refractivity contribution in [3.63, 3.8) is 0 Å². The van der Waals surface area contributed by atoms with E-state index in [1.165, 1.54) is 0 Å². The molecular weight excluding hydrogens is 409 g/mol. The number of aliphatic imine (C=N–C) groups is 1. The molecule has 0 unspecified atom stereocenters. The first kappa shape index (κ1) is 13.9. The lowest BCUT2D eigenvalue weighted by molar-refractivity contribution is -0.107. The van der Waals surface area contributed by atoms with Crippen molar-refractivity contribution in [3.8, 4) is 0 Å². The Balaban J connectivity index is 2.00. The van der Waals surface area contributed by atoms with Crippen LogP contribution >= 0.6 is 46.0 Å². The average Bonchev–Trinajstić information content (AvgIpc) is 3.04. The van der Waals surface area contributed by atoms with Gasteiger partial charge in [0.2, 0.25) is 5.12 Å². The number of furan rings is 1. The van der Waals surface area contributed by atoms with Gasteiger partial charge in [0.15, 0.2) is 0 Å². The fourth-order valence-electron chi connectivity index (χ4n) is 1.69. The number of hydrogen-bond acceptors (Lipinski definition) is 4. The van der Waals surface area contributed by atoms with Gasteiger partial charge in [-0.3, -0.25) is 4.79 Å². The Labute approximate surface area is 138 Å². The zero-order valence-electron chi connectivity index (χ0n) is 9.97. The SMILES string of the molecule is O=C1SC(c2cc(I)ccc2Cl)=NC1=Cc1ccco1. The zero-order valence-corrected chi connectivity index (χ0v) is 13.7. The Morgan fingerprint density at radius 3 is 2.95 bits per heavy atom. The molecule has 0 radical (unpaired) electrons. The van der Waals surface area contributed by atoms with E-state index in [9.17, 15) is 4.79 Å². The van der Waals surface area contributed by atoms with Gasteiger partial charge in [-0.1, -0.05) is 11.6 Å². The van der Waals surface area contributed by atoms with Gasteiger partial charge in [0, 0.05) is 15.2 Å². The van der Waals surface area contributed by atoms with Crippen LogP contribution in [0.1, 0.15) is 11.3 Å². The first-order valence-corrected chi connectivity index (χ1v) is 7.92. The van der Waals surface area contributed by atoms with Crippen LogP contribution in [-0.4, -0.2) is 10.2 Å². The van der Waals surface area contributed by atoms with Crippen molar-refractivity contribution in [2.75, 3.05) is 0 Å². The largest absolute Gasteiger partial charge is 0.465 e. The quantitative estimate of drug-likeness (QED) is 0.532. The maximum atomic E-state index is 12.0. The number of carbonyl (C=O) groups is 1. The molecule has 0 saturated carbocycles. The summed E-state index contributed by atoms with van der Waals surface area (Å²) in [5.74, 6) is 0.604. The molecule has 1 aliphatic heterocycles. The van der Waals surface area contributed by atoms with E-state index in [2.05, 4.69) is 27.6 Å². The molecule has 0 saturated heterocycles. The summed E-state index contributed by atoms with van der Waals surface area (Å²) < 4.78 is 6.24. The van der Waals surface area contributed by atoms with E-state index in [1.807, 2.05) is 12.1 Å². The van der Waals surface area contributed by atoms with Gasteiger partial charge in [0.05, 0.1) is 11.3 Å². The molecule has 0 aliphatic carbocycles. The van der Waals surface area contributed by atoms with Crippen LogP contribution in [0.15, 0.2) is 51.7 Å². The van der Waals surface area contributed by atoms with Crippen molar-refractivity contribution in [1.82, 2.24) is 0 Å². The molecule has 1 aromatic carbocycles. The molecule has 3 nitrogen and oxygen atoms in total. The average molecular weight is 416 g/mol. The van der Waals surface area contributed by atoms with Crippen molar-refractivity contribution in [2.45, 2.75) is 0 Å². The minimum atomic E-state index is -0.105. The molecular formula is C14H7ClINO2S. The number of hydrogen-bond donors (Lipinski definition) is 0. The molecule has 3 rings (SSSR count). The third-order valence-corrected chi connectivity index (χ3v) is 4.50. The second-order valence-electron chi connectivity index (χ2n) is 3.98. The summed E-state index contributed by atoms with van der Waals surface area (Å²) in [7, 11) is 0. The zero-order chi connectivity index (χ0) is 14.1. The molecule has 0 fully saturated rings. The number of carbonyl (C=O) groups excluding carboxylic acids is 1. The number of benzene rings is 1. The molecule has 0 atom stereocenters. The van der Waals surface area contributed by atoms with E-state index >= 15 is 0 Å². The van der Waals surface area contributed by atoms with E-state index in [0.29, 0.717) is 21.5 Å². The molecule has 0 spiro atoms. The summed E-state index contributed by atoms with van der Waals surface area (Å²) in [4.78, 5) is 16.3. The molecule has 6 heteroatoms. The fourth-order valence-corrected chi connectivity index (χ4v) is 3.26. The summed E-state index contributed by atoms with van der Waals surface area (Å²) in [6.45, 7) is 0. The Morgan fingerprint density at radius 1 is 1.35 bits per heavy atom. The minimum absolute atomic E-state index is 0.105. The second kappa shape index (κ2) is 5.75. The Hall–Kier alpha value is -1.05. The highest BCUT2D eigenvalue weighted by Gasteiger charge is 2.25. The number of rotatable bonds is 2. The van der Waals surface area contributed by atoms with E-state index in [4.69, 9.17) is 16.0 Å². The van der Waals surface area contributed by atoms with Gasteiger partial charge in [0.25, 0.3) is 0 Å². The van der Waals surface area contributed by atoms with Crippen molar-refractivity contribution in [3.05, 3.63) is 62.2 Å². The Kier molecular flexibility index (Phi) is 4.00. The summed E-state index contributed by atoms with van der Waals surface area (Å²) >= 11 is 9.45. The predicted octanol–water partition coefficient (Wildman–Crippen LogP) is 4.60. The first-order chi connectivity index (χ1) is 9.63. The molecule has 2 heterocycles. The summed E-state index contributed by atoms with van der Waals surface area (Å²) in [5.41, 5.74) is 1.15. The van der Waals surface area contributed by atoms with Gasteiger partial charge in [-0.05, 0) is 64.7 Å². The van der Waals surface area contributed by atoms with E-state index < -0.39 is 0 Å². The lowest BCUT2D eigenvalue weighted by atomic mass is 10.2. The highest BCUT2D eigenvalue weighted by Crippen LogP contribution is 2.32. The van der Waals surface area contributed by atoms with E-state index in [1.54, 1.807) is 30.5 Å². The molecule has 100 valence electrons. The molecule has 20 heavy (non-hydrogen) atoms. The van der Waals surface area contributed by atoms with Crippen LogP contribution < -0.4 is 0 Å². The van der Waals surface area contributed by atoms with Crippen LogP contribution in [-0.2, 0) is 4.79 Å². The van der Waals surface area contributed by atoms with Crippen LogP contribution in [0.2, 0.25) is 5.02 Å². The molecule has 2 aromatic rings. The molecule has 1 aromatic heterocycles. The third kappa shape index (κ3) is 2.84. The molecule has 1 aliphatic rings. The monoisotopic (exact) mass is 415 g/mol. The topological polar surface area (TPSA) is 42.6 Å². The Morgan fingerprint density at radius 2 is 2.20 bits per heavy atom. The smallest absolute Gasteiger partial charge is 0.244 e. The second-order valence-corrected chi connectivity index (χ2v) is 6.59. The summed E-state index contributed by atoms with van der Waals surface area (Å²) in [6.07, 6.45) is 3.18. The molecule has 0 bridgehead atoms. The standard InChI is InChI=1S/C14H7ClINO2S/c15-11-4-3-8(16)6-10(11)13-17-12(14(18)20-13)7-9-2-1-5-19-9/h1-7H. The third-order valence-electron chi connectivity index (χ3n) is 2.60. The maximum absolute atomic E-state index is 12.0. The number of halogens is 2. The number of nitrogens with zero attached hydrogens (tertiary/aromatic N) is 1. The lowest BCUT2D eigenvalue weighted by Gasteiger charge is -2.02. The lowest BCUT2D eigenvalue weighted by Crippen LogP contribution is -1.94. The van der Waals surface area contributed by atoms with Gasteiger partial charge in [-0.2, -0.15) is 0 Å². The van der Waals surface area contributed by atoms with Crippen molar-refractivity contribution in [2.24, 2.45) is 4.99 Å². The summed E-state index contributed by atoms with van der Waals surface area (Å²) in [5, 5.41) is 1.10. The van der Waals surface area contributed by atoms with Crippen LogP contribution in [0.5, 0.6) is 0 Å². The molecule has 0 amide bonds. The van der Waals surface area contributed by atoms with Crippen molar-refractivity contribution in [1.29, 1.82) is 0 Å². The Bertz CT molecular complexity index is 738. The van der Waals surface area contributed by atoms with Crippen molar-refractivity contribution < 1.29 is 9.21 Å². The van der Waals surface area contributed by atoms with Gasteiger partial charge in [-0.15, -0.1) is 0 Å².